The molecular formula is C26H24N6O. The molecule has 7 heteroatoms. The number of aryl methyl sites for hydroxylation is 2. The quantitative estimate of drug-likeness (QED) is 0.458. The molecule has 7 nitrogen and oxygen atoms in total. The number of nitrogens with zero attached hydrogens (tertiary/aromatic N) is 5. The SMILES string of the molecule is CCn1ncc2c1-c1cnc(N)c(c1)OC(C)c1cc(C)ccc1-c1ccnc(C#N)c1C2. The topological polar surface area (TPSA) is 103 Å². The Kier molecular flexibility index (Phi) is 5.06. The molecular weight excluding hydrogens is 412 g/mol. The van der Waals surface area contributed by atoms with Gasteiger partial charge in [0, 0.05) is 47.6 Å². The van der Waals surface area contributed by atoms with E-state index >= 15 is 0 Å². The molecule has 4 heterocycles. The van der Waals surface area contributed by atoms with Gasteiger partial charge >= 0.3 is 0 Å². The molecule has 1 aliphatic heterocycles. The van der Waals surface area contributed by atoms with Gasteiger partial charge in [0.1, 0.15) is 17.9 Å². The Balaban J connectivity index is 1.86. The highest BCUT2D eigenvalue weighted by atomic mass is 16.5. The molecule has 3 aromatic heterocycles. The van der Waals surface area contributed by atoms with E-state index in [1.165, 1.54) is 0 Å². The normalized spacial score (nSPS) is 14.5. The molecule has 5 rings (SSSR count). The van der Waals surface area contributed by atoms with Crippen LogP contribution in [0.5, 0.6) is 5.75 Å². The summed E-state index contributed by atoms with van der Waals surface area (Å²) in [7, 11) is 0. The van der Waals surface area contributed by atoms with E-state index in [0.717, 1.165) is 44.6 Å². The molecule has 2 N–H and O–H groups in total. The summed E-state index contributed by atoms with van der Waals surface area (Å²) in [5, 5.41) is 14.5. The second kappa shape index (κ2) is 8.06. The Labute approximate surface area is 192 Å². The van der Waals surface area contributed by atoms with Crippen molar-refractivity contribution in [2.75, 3.05) is 5.73 Å². The largest absolute Gasteiger partial charge is 0.482 e. The smallest absolute Gasteiger partial charge is 0.166 e. The molecule has 0 radical (unpaired) electrons. The fraction of sp³-hybridized carbons (Fsp3) is 0.231. The summed E-state index contributed by atoms with van der Waals surface area (Å²) in [6, 6.07) is 12.5. The zero-order valence-corrected chi connectivity index (χ0v) is 18.8. The van der Waals surface area contributed by atoms with Gasteiger partial charge in [0.2, 0.25) is 0 Å². The fourth-order valence-electron chi connectivity index (χ4n) is 4.53. The predicted molar refractivity (Wildman–Crippen MR) is 127 cm³/mol. The second-order valence-corrected chi connectivity index (χ2v) is 8.27. The van der Waals surface area contributed by atoms with Crippen molar-refractivity contribution in [1.29, 1.82) is 5.26 Å². The standard InChI is InChI=1S/C26H24N6O/c1-4-32-25-17(14-31-32)10-22-20(7-8-29-23(22)12-27)19-6-5-15(2)9-21(19)16(3)33-24-11-18(25)13-30-26(24)28/h5-9,11,13-14,16H,4,10H2,1-3H3,(H2,28,30). The number of benzene rings is 1. The summed E-state index contributed by atoms with van der Waals surface area (Å²) in [5.41, 5.74) is 14.4. The number of nitriles is 1. The van der Waals surface area contributed by atoms with Gasteiger partial charge in [-0.15, -0.1) is 0 Å². The summed E-state index contributed by atoms with van der Waals surface area (Å²) in [6.45, 7) is 6.80. The maximum atomic E-state index is 9.89. The molecule has 33 heavy (non-hydrogen) atoms. The van der Waals surface area contributed by atoms with Crippen LogP contribution in [0.15, 0.2) is 48.9 Å². The van der Waals surface area contributed by atoms with Gasteiger partial charge in [-0.05, 0) is 44.0 Å². The number of pyridine rings is 2. The average Bonchev–Trinajstić information content (AvgIpc) is 3.22. The van der Waals surface area contributed by atoms with Crippen molar-refractivity contribution < 1.29 is 4.74 Å². The molecule has 1 aromatic carbocycles. The molecule has 0 saturated heterocycles. The summed E-state index contributed by atoms with van der Waals surface area (Å²) in [6.07, 6.45) is 5.53. The minimum absolute atomic E-state index is 0.291. The molecule has 1 unspecified atom stereocenters. The molecule has 0 spiro atoms. The van der Waals surface area contributed by atoms with Crippen molar-refractivity contribution in [3.05, 3.63) is 76.9 Å². The number of fused-ring (bicyclic) bond motifs is 7. The van der Waals surface area contributed by atoms with Crippen molar-refractivity contribution >= 4 is 5.82 Å². The van der Waals surface area contributed by atoms with Gasteiger partial charge < -0.3 is 10.5 Å². The fourth-order valence-corrected chi connectivity index (χ4v) is 4.53. The van der Waals surface area contributed by atoms with E-state index in [1.54, 1.807) is 12.4 Å². The van der Waals surface area contributed by atoms with Crippen LogP contribution in [0, 0.1) is 18.3 Å². The molecule has 0 saturated carbocycles. The molecule has 2 bridgehead atoms. The van der Waals surface area contributed by atoms with Crippen LogP contribution in [0.25, 0.3) is 22.4 Å². The van der Waals surface area contributed by atoms with E-state index in [1.807, 2.05) is 36.9 Å². The van der Waals surface area contributed by atoms with Gasteiger partial charge in [0.15, 0.2) is 11.6 Å². The van der Waals surface area contributed by atoms with Crippen LogP contribution < -0.4 is 10.5 Å². The van der Waals surface area contributed by atoms with Gasteiger partial charge in [-0.3, -0.25) is 4.68 Å². The van der Waals surface area contributed by atoms with Crippen molar-refractivity contribution in [3.63, 3.8) is 0 Å². The van der Waals surface area contributed by atoms with Gasteiger partial charge in [-0.25, -0.2) is 9.97 Å². The minimum atomic E-state index is -0.291. The van der Waals surface area contributed by atoms with Crippen LogP contribution in [-0.4, -0.2) is 19.7 Å². The van der Waals surface area contributed by atoms with Crippen LogP contribution in [0.2, 0.25) is 0 Å². The van der Waals surface area contributed by atoms with E-state index in [2.05, 4.69) is 46.3 Å². The Morgan fingerprint density at radius 1 is 1.18 bits per heavy atom. The highest BCUT2D eigenvalue weighted by Gasteiger charge is 2.24. The highest BCUT2D eigenvalue weighted by molar-refractivity contribution is 5.75. The number of hydrogen-bond donors (Lipinski definition) is 1. The molecule has 1 atom stereocenters. The third-order valence-electron chi connectivity index (χ3n) is 6.14. The Morgan fingerprint density at radius 3 is 2.82 bits per heavy atom. The van der Waals surface area contributed by atoms with E-state index in [0.29, 0.717) is 30.2 Å². The van der Waals surface area contributed by atoms with Crippen molar-refractivity contribution in [1.82, 2.24) is 19.7 Å². The van der Waals surface area contributed by atoms with Crippen LogP contribution in [0.1, 0.15) is 47.9 Å². The van der Waals surface area contributed by atoms with E-state index in [9.17, 15) is 5.26 Å². The van der Waals surface area contributed by atoms with Crippen LogP contribution >= 0.6 is 0 Å². The first-order valence-electron chi connectivity index (χ1n) is 11.0. The van der Waals surface area contributed by atoms with E-state index in [-0.39, 0.29) is 6.10 Å². The van der Waals surface area contributed by atoms with Crippen LogP contribution in [0.4, 0.5) is 5.82 Å². The molecule has 1 aliphatic rings. The number of nitrogens with two attached hydrogens (primary N) is 1. The maximum absolute atomic E-state index is 9.89. The second-order valence-electron chi connectivity index (χ2n) is 8.27. The number of rotatable bonds is 1. The Hall–Kier alpha value is -4.18. The third kappa shape index (κ3) is 3.50. The summed E-state index contributed by atoms with van der Waals surface area (Å²) >= 11 is 0. The average molecular weight is 437 g/mol. The molecule has 4 aromatic rings. The summed E-state index contributed by atoms with van der Waals surface area (Å²) < 4.78 is 8.31. The van der Waals surface area contributed by atoms with Crippen molar-refractivity contribution in [3.8, 4) is 34.2 Å². The maximum Gasteiger partial charge on any atom is 0.166 e. The third-order valence-corrected chi connectivity index (χ3v) is 6.14. The van der Waals surface area contributed by atoms with Crippen molar-refractivity contribution in [2.24, 2.45) is 0 Å². The molecule has 0 fully saturated rings. The number of hydrogen-bond acceptors (Lipinski definition) is 6. The Morgan fingerprint density at radius 2 is 2.03 bits per heavy atom. The van der Waals surface area contributed by atoms with Gasteiger partial charge in [-0.2, -0.15) is 10.4 Å². The number of nitrogen functional groups attached to an aromatic ring is 1. The first kappa shape index (κ1) is 20.7. The molecule has 164 valence electrons. The lowest BCUT2D eigenvalue weighted by Gasteiger charge is -2.23. The van der Waals surface area contributed by atoms with E-state index < -0.39 is 0 Å². The van der Waals surface area contributed by atoms with Crippen molar-refractivity contribution in [2.45, 2.75) is 39.8 Å². The number of aromatic nitrogens is 4. The lowest BCUT2D eigenvalue weighted by Crippen LogP contribution is -2.10. The zero-order valence-electron chi connectivity index (χ0n) is 18.8. The number of anilines is 1. The van der Waals surface area contributed by atoms with Crippen LogP contribution in [0.3, 0.4) is 0 Å². The summed E-state index contributed by atoms with van der Waals surface area (Å²) in [4.78, 5) is 8.79. The van der Waals surface area contributed by atoms with Gasteiger partial charge in [0.05, 0.1) is 11.9 Å². The van der Waals surface area contributed by atoms with Crippen LogP contribution in [-0.2, 0) is 13.0 Å². The Bertz CT molecular complexity index is 1420. The lowest BCUT2D eigenvalue weighted by atomic mass is 9.89. The monoisotopic (exact) mass is 436 g/mol. The molecule has 0 aliphatic carbocycles. The highest BCUT2D eigenvalue weighted by Crippen LogP contribution is 2.39. The van der Waals surface area contributed by atoms with E-state index in [4.69, 9.17) is 10.5 Å². The van der Waals surface area contributed by atoms with Gasteiger partial charge in [-0.1, -0.05) is 23.8 Å². The zero-order chi connectivity index (χ0) is 23.1. The van der Waals surface area contributed by atoms with Gasteiger partial charge in [0.25, 0.3) is 0 Å². The minimum Gasteiger partial charge on any atom is -0.482 e. The number of ether oxygens (including phenoxy) is 1. The lowest BCUT2D eigenvalue weighted by molar-refractivity contribution is 0.228. The molecule has 0 amide bonds. The predicted octanol–water partition coefficient (Wildman–Crippen LogP) is 4.83. The first-order valence-corrected chi connectivity index (χ1v) is 11.0. The first-order chi connectivity index (χ1) is 16.0. The summed E-state index contributed by atoms with van der Waals surface area (Å²) in [5.74, 6) is 0.882.